The Kier molecular flexibility index (Phi) is 2.97. The van der Waals surface area contributed by atoms with Gasteiger partial charge in [-0.05, 0) is 31.6 Å². The van der Waals surface area contributed by atoms with Gasteiger partial charge in [-0.1, -0.05) is 13.3 Å². The molecule has 0 amide bonds. The first kappa shape index (κ1) is 11.2. The van der Waals surface area contributed by atoms with Gasteiger partial charge in [-0.3, -0.25) is 0 Å². The summed E-state index contributed by atoms with van der Waals surface area (Å²) in [5.41, 5.74) is 0. The van der Waals surface area contributed by atoms with Gasteiger partial charge in [-0.15, -0.1) is 0 Å². The predicted molar refractivity (Wildman–Crippen MR) is 52.5 cm³/mol. The topological polar surface area (TPSA) is 12.0 Å². The molecule has 1 nitrogen and oxygen atoms in total. The van der Waals surface area contributed by atoms with Crippen molar-refractivity contribution in [2.45, 2.75) is 57.3 Å². The molecule has 4 atom stereocenters. The van der Waals surface area contributed by atoms with E-state index in [1.54, 1.807) is 0 Å². The molecule has 0 saturated heterocycles. The van der Waals surface area contributed by atoms with E-state index >= 15 is 0 Å². The summed E-state index contributed by atoms with van der Waals surface area (Å²) in [4.78, 5) is 0. The van der Waals surface area contributed by atoms with Gasteiger partial charge in [0.1, 0.15) is 0 Å². The monoisotopic (exact) mass is 221 g/mol. The number of rotatable bonds is 2. The van der Waals surface area contributed by atoms with E-state index in [2.05, 4.69) is 12.2 Å². The molecular weight excluding hydrogens is 203 g/mol. The first-order chi connectivity index (χ1) is 6.97. The maximum atomic E-state index is 12.5. The molecule has 88 valence electrons. The van der Waals surface area contributed by atoms with Crippen molar-refractivity contribution in [3.63, 3.8) is 0 Å². The lowest BCUT2D eigenvalue weighted by Gasteiger charge is -2.31. The molecule has 0 aliphatic heterocycles. The van der Waals surface area contributed by atoms with Crippen LogP contribution in [-0.4, -0.2) is 18.3 Å². The second kappa shape index (κ2) is 3.96. The Morgan fingerprint density at radius 2 is 1.80 bits per heavy atom. The normalized spacial score (nSPS) is 41.6. The Morgan fingerprint density at radius 1 is 1.13 bits per heavy atom. The fourth-order valence-electron chi connectivity index (χ4n) is 2.50. The van der Waals surface area contributed by atoms with Crippen LogP contribution in [0.1, 0.15) is 39.0 Å². The van der Waals surface area contributed by atoms with Crippen molar-refractivity contribution in [2.24, 2.45) is 11.8 Å². The Hall–Kier alpha value is -0.250. The molecule has 2 saturated carbocycles. The quantitative estimate of drug-likeness (QED) is 0.755. The van der Waals surface area contributed by atoms with E-state index < -0.39 is 12.1 Å². The van der Waals surface area contributed by atoms with Crippen LogP contribution in [0.4, 0.5) is 13.2 Å². The highest BCUT2D eigenvalue weighted by atomic mass is 19.4. The van der Waals surface area contributed by atoms with Gasteiger partial charge >= 0.3 is 6.18 Å². The Bertz CT molecular complexity index is 226. The van der Waals surface area contributed by atoms with Crippen molar-refractivity contribution in [1.82, 2.24) is 5.32 Å². The van der Waals surface area contributed by atoms with Crippen LogP contribution in [0.3, 0.4) is 0 Å². The van der Waals surface area contributed by atoms with Crippen LogP contribution in [-0.2, 0) is 0 Å². The van der Waals surface area contributed by atoms with Crippen molar-refractivity contribution in [3.05, 3.63) is 0 Å². The van der Waals surface area contributed by atoms with Crippen LogP contribution >= 0.6 is 0 Å². The van der Waals surface area contributed by atoms with Gasteiger partial charge in [0, 0.05) is 12.1 Å². The molecule has 4 unspecified atom stereocenters. The summed E-state index contributed by atoms with van der Waals surface area (Å²) in [6.07, 6.45) is -0.629. The maximum Gasteiger partial charge on any atom is 0.391 e. The lowest BCUT2D eigenvalue weighted by molar-refractivity contribution is -0.183. The van der Waals surface area contributed by atoms with E-state index in [0.717, 1.165) is 12.8 Å². The summed E-state index contributed by atoms with van der Waals surface area (Å²) >= 11 is 0. The highest BCUT2D eigenvalue weighted by Gasteiger charge is 2.43. The van der Waals surface area contributed by atoms with Gasteiger partial charge < -0.3 is 5.32 Å². The molecule has 0 aromatic heterocycles. The molecule has 0 bridgehead atoms. The molecule has 0 aromatic carbocycles. The number of halogens is 3. The Morgan fingerprint density at radius 3 is 2.33 bits per heavy atom. The Balaban J connectivity index is 1.82. The summed E-state index contributed by atoms with van der Waals surface area (Å²) in [6.45, 7) is 2.14. The molecule has 1 N–H and O–H groups in total. The van der Waals surface area contributed by atoms with E-state index in [-0.39, 0.29) is 12.5 Å². The highest BCUT2D eigenvalue weighted by Crippen LogP contribution is 2.39. The molecule has 0 aromatic rings. The van der Waals surface area contributed by atoms with E-state index in [4.69, 9.17) is 0 Å². The van der Waals surface area contributed by atoms with E-state index in [1.165, 1.54) is 0 Å². The lowest BCUT2D eigenvalue weighted by atomic mass is 9.85. The third-order valence-electron chi connectivity index (χ3n) is 3.70. The molecule has 4 heteroatoms. The van der Waals surface area contributed by atoms with E-state index in [0.29, 0.717) is 24.8 Å². The van der Waals surface area contributed by atoms with Crippen LogP contribution < -0.4 is 5.32 Å². The molecular formula is C11H18F3N. The number of hydrogen-bond acceptors (Lipinski definition) is 1. The summed E-state index contributed by atoms with van der Waals surface area (Å²) in [5, 5.41) is 3.34. The van der Waals surface area contributed by atoms with Crippen LogP contribution in [0.15, 0.2) is 0 Å². The van der Waals surface area contributed by atoms with Gasteiger partial charge in [0.2, 0.25) is 0 Å². The summed E-state index contributed by atoms with van der Waals surface area (Å²) in [5.74, 6) is -0.408. The molecule has 15 heavy (non-hydrogen) atoms. The second-order valence-electron chi connectivity index (χ2n) is 5.09. The average molecular weight is 221 g/mol. The predicted octanol–water partition coefficient (Wildman–Crippen LogP) is 3.11. The first-order valence-electron chi connectivity index (χ1n) is 5.79. The van der Waals surface area contributed by atoms with E-state index in [9.17, 15) is 13.2 Å². The van der Waals surface area contributed by atoms with Crippen molar-refractivity contribution in [3.8, 4) is 0 Å². The van der Waals surface area contributed by atoms with Crippen LogP contribution in [0.2, 0.25) is 0 Å². The molecule has 0 radical (unpaired) electrons. The zero-order valence-electron chi connectivity index (χ0n) is 8.98. The molecule has 2 aliphatic rings. The minimum Gasteiger partial charge on any atom is -0.311 e. The lowest BCUT2D eigenvalue weighted by Crippen LogP contribution is -2.40. The van der Waals surface area contributed by atoms with Crippen molar-refractivity contribution in [1.29, 1.82) is 0 Å². The summed E-state index contributed by atoms with van der Waals surface area (Å²) < 4.78 is 37.5. The van der Waals surface area contributed by atoms with Crippen LogP contribution in [0.25, 0.3) is 0 Å². The molecule has 0 spiro atoms. The third-order valence-corrected chi connectivity index (χ3v) is 3.70. The zero-order chi connectivity index (χ0) is 11.1. The summed E-state index contributed by atoms with van der Waals surface area (Å²) in [6, 6.07) is 0.585. The molecule has 2 aliphatic carbocycles. The van der Waals surface area contributed by atoms with Gasteiger partial charge in [0.05, 0.1) is 5.92 Å². The third kappa shape index (κ3) is 2.86. The first-order valence-corrected chi connectivity index (χ1v) is 5.79. The van der Waals surface area contributed by atoms with Crippen LogP contribution in [0.5, 0.6) is 0 Å². The fraction of sp³-hybridized carbons (Fsp3) is 1.00. The standard InChI is InChI=1S/C11H18F3N/c1-7-5-10(7)15-9-4-2-3-8(6-9)11(12,13)14/h7-10,15H,2-6H2,1H3. The Labute approximate surface area is 88.4 Å². The molecule has 2 fully saturated rings. The SMILES string of the molecule is CC1CC1NC1CCCC(C(F)(F)F)C1. The number of nitrogens with one attached hydrogen (secondary N) is 1. The van der Waals surface area contributed by atoms with Gasteiger partial charge in [0.25, 0.3) is 0 Å². The van der Waals surface area contributed by atoms with Gasteiger partial charge in [0.15, 0.2) is 0 Å². The van der Waals surface area contributed by atoms with Crippen LogP contribution in [0, 0.1) is 11.8 Å². The zero-order valence-corrected chi connectivity index (χ0v) is 8.98. The van der Waals surface area contributed by atoms with Gasteiger partial charge in [-0.2, -0.15) is 13.2 Å². The summed E-state index contributed by atoms with van der Waals surface area (Å²) in [7, 11) is 0. The van der Waals surface area contributed by atoms with Gasteiger partial charge in [-0.25, -0.2) is 0 Å². The van der Waals surface area contributed by atoms with Crippen molar-refractivity contribution in [2.75, 3.05) is 0 Å². The second-order valence-corrected chi connectivity index (χ2v) is 5.09. The number of hydrogen-bond donors (Lipinski definition) is 1. The maximum absolute atomic E-state index is 12.5. The minimum atomic E-state index is -3.99. The van der Waals surface area contributed by atoms with Crippen molar-refractivity contribution < 1.29 is 13.2 Å². The number of alkyl halides is 3. The molecule has 2 rings (SSSR count). The minimum absolute atomic E-state index is 0.0975. The molecule has 0 heterocycles. The highest BCUT2D eigenvalue weighted by molar-refractivity contribution is 4.93. The van der Waals surface area contributed by atoms with Crippen molar-refractivity contribution >= 4 is 0 Å². The van der Waals surface area contributed by atoms with E-state index in [1.807, 2.05) is 0 Å². The fourth-order valence-corrected chi connectivity index (χ4v) is 2.50. The largest absolute Gasteiger partial charge is 0.391 e. The average Bonchev–Trinajstić information content (AvgIpc) is 2.81. The smallest absolute Gasteiger partial charge is 0.311 e.